The quantitative estimate of drug-likeness (QED) is 0.274. The fourth-order valence-electron chi connectivity index (χ4n) is 5.50. The number of fused-ring (bicyclic) bond motifs is 10. The fraction of sp³-hybridized carbons (Fsp3) is 0. The van der Waals surface area contributed by atoms with E-state index in [1.807, 2.05) is 24.3 Å². The second kappa shape index (κ2) is 5.24. The number of para-hydroxylation sites is 1. The average Bonchev–Trinajstić information content (AvgIpc) is 3.42. The van der Waals surface area contributed by atoms with E-state index in [9.17, 15) is 10.2 Å². The Kier molecular flexibility index (Phi) is 2.66. The van der Waals surface area contributed by atoms with Crippen molar-refractivity contribution in [1.29, 1.82) is 0 Å². The molecule has 4 nitrogen and oxygen atoms in total. The van der Waals surface area contributed by atoms with Crippen LogP contribution in [0, 0.1) is 0 Å². The molecule has 8 aromatic rings. The summed E-state index contributed by atoms with van der Waals surface area (Å²) in [6.07, 6.45) is 0. The van der Waals surface area contributed by atoms with Gasteiger partial charge in [-0.3, -0.25) is 0 Å². The van der Waals surface area contributed by atoms with Crippen LogP contribution < -0.4 is 0 Å². The zero-order valence-electron chi connectivity index (χ0n) is 16.8. The van der Waals surface area contributed by atoms with Crippen LogP contribution in [0.25, 0.3) is 70.8 Å². The van der Waals surface area contributed by atoms with Crippen molar-refractivity contribution in [2.75, 3.05) is 0 Å². The van der Waals surface area contributed by atoms with Crippen LogP contribution in [0.15, 0.2) is 83.3 Å². The van der Waals surface area contributed by atoms with Gasteiger partial charge in [0.05, 0.1) is 21.9 Å². The summed E-state index contributed by atoms with van der Waals surface area (Å²) in [6, 6.07) is 26.0. The highest BCUT2D eigenvalue weighted by Crippen LogP contribution is 2.44. The van der Waals surface area contributed by atoms with E-state index in [0.717, 1.165) is 65.2 Å². The molecule has 150 valence electrons. The van der Waals surface area contributed by atoms with Crippen LogP contribution in [-0.4, -0.2) is 14.6 Å². The lowest BCUT2D eigenvalue weighted by Crippen LogP contribution is -1.81. The summed E-state index contributed by atoms with van der Waals surface area (Å²) in [7, 11) is 0. The van der Waals surface area contributed by atoms with E-state index in [0.29, 0.717) is 11.3 Å². The molecule has 0 spiro atoms. The van der Waals surface area contributed by atoms with Gasteiger partial charge in [0.1, 0.15) is 22.7 Å². The second-order valence-electron chi connectivity index (χ2n) is 8.56. The molecule has 5 aromatic carbocycles. The molecule has 8 rings (SSSR count). The molecule has 3 aromatic heterocycles. The summed E-state index contributed by atoms with van der Waals surface area (Å²) in [5, 5.41) is 29.0. The fourth-order valence-corrected chi connectivity index (χ4v) is 5.50. The number of aromatic hydroxyl groups is 2. The number of phenols is 2. The lowest BCUT2D eigenvalue weighted by molar-refractivity contribution is 0.475. The molecule has 0 aliphatic carbocycles. The normalized spacial score (nSPS) is 12.6. The molecule has 0 atom stereocenters. The second-order valence-corrected chi connectivity index (χ2v) is 8.56. The number of benzene rings is 5. The van der Waals surface area contributed by atoms with Crippen LogP contribution in [0.2, 0.25) is 0 Å². The van der Waals surface area contributed by atoms with Gasteiger partial charge in [-0.05, 0) is 65.4 Å². The molecular formula is C28H15NO3. The predicted molar refractivity (Wildman–Crippen MR) is 129 cm³/mol. The van der Waals surface area contributed by atoms with Gasteiger partial charge in [-0.25, -0.2) is 0 Å². The van der Waals surface area contributed by atoms with Crippen LogP contribution in [0.3, 0.4) is 0 Å². The zero-order chi connectivity index (χ0) is 21.1. The van der Waals surface area contributed by atoms with Crippen molar-refractivity contribution in [3.63, 3.8) is 0 Å². The number of hydrogen-bond donors (Lipinski definition) is 2. The van der Waals surface area contributed by atoms with Crippen molar-refractivity contribution in [1.82, 2.24) is 4.40 Å². The Balaban J connectivity index is 1.60. The van der Waals surface area contributed by atoms with Crippen LogP contribution in [0.5, 0.6) is 11.5 Å². The van der Waals surface area contributed by atoms with Crippen molar-refractivity contribution in [3.05, 3.63) is 78.9 Å². The first-order valence-electron chi connectivity index (χ1n) is 10.6. The van der Waals surface area contributed by atoms with Gasteiger partial charge in [0.25, 0.3) is 0 Å². The van der Waals surface area contributed by atoms with Gasteiger partial charge in [0.2, 0.25) is 0 Å². The highest BCUT2D eigenvalue weighted by molar-refractivity contribution is 6.26. The molecule has 2 N–H and O–H groups in total. The Morgan fingerprint density at radius 2 is 1.38 bits per heavy atom. The van der Waals surface area contributed by atoms with Gasteiger partial charge < -0.3 is 19.0 Å². The maximum atomic E-state index is 10.7. The Bertz CT molecular complexity index is 2060. The Morgan fingerprint density at radius 1 is 0.594 bits per heavy atom. The summed E-state index contributed by atoms with van der Waals surface area (Å²) in [6.45, 7) is 0. The Labute approximate surface area is 180 Å². The number of hydrogen-bond acceptors (Lipinski definition) is 3. The summed E-state index contributed by atoms with van der Waals surface area (Å²) < 4.78 is 8.31. The minimum absolute atomic E-state index is 0.198. The standard InChI is InChI=1S/C28H15NO3/c30-16-5-6-17-21-10-14-9-20-18-7-8-24(31)27-19-3-1-2-4-22(19)29(28(18)27)23(20)11-15(14)12-25(21)32-26(17)13-16/h1-13,30-31H. The van der Waals surface area contributed by atoms with Gasteiger partial charge in [-0.2, -0.15) is 0 Å². The lowest BCUT2D eigenvalue weighted by Gasteiger charge is -2.02. The number of rotatable bonds is 0. The maximum absolute atomic E-state index is 10.7. The van der Waals surface area contributed by atoms with Crippen molar-refractivity contribution >= 4 is 70.8 Å². The van der Waals surface area contributed by atoms with Gasteiger partial charge in [0, 0.05) is 33.0 Å². The SMILES string of the molecule is Oc1ccc2c(c1)oc1cc3cc4c(cc3cc12)c1ccc(O)c2c3ccccc3n4c12. The van der Waals surface area contributed by atoms with E-state index < -0.39 is 0 Å². The summed E-state index contributed by atoms with van der Waals surface area (Å²) in [5.41, 5.74) is 4.73. The molecule has 0 saturated heterocycles. The number of furan rings is 1. The minimum Gasteiger partial charge on any atom is -0.508 e. The Morgan fingerprint density at radius 3 is 2.31 bits per heavy atom. The molecule has 32 heavy (non-hydrogen) atoms. The molecular weight excluding hydrogens is 398 g/mol. The van der Waals surface area contributed by atoms with Crippen molar-refractivity contribution in [2.24, 2.45) is 0 Å². The smallest absolute Gasteiger partial charge is 0.139 e. The Hall–Kier alpha value is -4.44. The maximum Gasteiger partial charge on any atom is 0.139 e. The lowest BCUT2D eigenvalue weighted by atomic mass is 10.0. The predicted octanol–water partition coefficient (Wildman–Crippen LogP) is 7.30. The van der Waals surface area contributed by atoms with Gasteiger partial charge in [0.15, 0.2) is 0 Å². The number of phenolic OH excluding ortho intramolecular Hbond substituents is 2. The summed E-state index contributed by atoms with van der Waals surface area (Å²) >= 11 is 0. The van der Waals surface area contributed by atoms with Crippen LogP contribution in [0.4, 0.5) is 0 Å². The molecule has 0 aliphatic rings. The third kappa shape index (κ3) is 1.80. The first-order valence-corrected chi connectivity index (χ1v) is 10.6. The monoisotopic (exact) mass is 413 g/mol. The van der Waals surface area contributed by atoms with Gasteiger partial charge in [-0.1, -0.05) is 18.2 Å². The van der Waals surface area contributed by atoms with E-state index in [4.69, 9.17) is 4.42 Å². The third-order valence-electron chi connectivity index (χ3n) is 6.85. The third-order valence-corrected chi connectivity index (χ3v) is 6.85. The topological polar surface area (TPSA) is 58.0 Å². The van der Waals surface area contributed by atoms with Crippen LogP contribution >= 0.6 is 0 Å². The molecule has 0 aliphatic heterocycles. The summed E-state index contributed by atoms with van der Waals surface area (Å²) in [5.74, 6) is 0.506. The minimum atomic E-state index is 0.198. The highest BCUT2D eigenvalue weighted by Gasteiger charge is 2.20. The molecule has 3 heterocycles. The molecule has 0 fully saturated rings. The summed E-state index contributed by atoms with van der Waals surface area (Å²) in [4.78, 5) is 0. The van der Waals surface area contributed by atoms with Crippen molar-refractivity contribution in [3.8, 4) is 11.5 Å². The van der Waals surface area contributed by atoms with Crippen molar-refractivity contribution < 1.29 is 14.6 Å². The van der Waals surface area contributed by atoms with Gasteiger partial charge in [-0.15, -0.1) is 0 Å². The van der Waals surface area contributed by atoms with Gasteiger partial charge >= 0.3 is 0 Å². The highest BCUT2D eigenvalue weighted by atomic mass is 16.3. The molecule has 0 amide bonds. The van der Waals surface area contributed by atoms with E-state index in [-0.39, 0.29) is 5.75 Å². The van der Waals surface area contributed by atoms with Crippen molar-refractivity contribution in [2.45, 2.75) is 0 Å². The largest absolute Gasteiger partial charge is 0.508 e. The molecule has 0 unspecified atom stereocenters. The number of nitrogens with zero attached hydrogens (tertiary/aromatic N) is 1. The number of aromatic nitrogens is 1. The molecule has 0 bridgehead atoms. The molecule has 4 heteroatoms. The molecule has 0 saturated carbocycles. The van der Waals surface area contributed by atoms with Crippen LogP contribution in [0.1, 0.15) is 0 Å². The first-order chi connectivity index (χ1) is 15.7. The van der Waals surface area contributed by atoms with E-state index >= 15 is 0 Å². The van der Waals surface area contributed by atoms with E-state index in [2.05, 4.69) is 40.8 Å². The molecule has 0 radical (unpaired) electrons. The van der Waals surface area contributed by atoms with E-state index in [1.165, 1.54) is 0 Å². The average molecular weight is 413 g/mol. The first kappa shape index (κ1) is 16.3. The van der Waals surface area contributed by atoms with E-state index in [1.54, 1.807) is 18.2 Å². The zero-order valence-corrected chi connectivity index (χ0v) is 16.8. The van der Waals surface area contributed by atoms with Crippen LogP contribution in [-0.2, 0) is 0 Å².